The van der Waals surface area contributed by atoms with E-state index in [0.29, 0.717) is 5.25 Å². The van der Waals surface area contributed by atoms with Gasteiger partial charge in [-0.3, -0.25) is 0 Å². The molecule has 0 aromatic heterocycles. The van der Waals surface area contributed by atoms with Crippen LogP contribution in [0.5, 0.6) is 0 Å². The Hall–Kier alpha value is -0.600. The molecule has 1 aliphatic heterocycles. The van der Waals surface area contributed by atoms with E-state index in [1.807, 2.05) is 0 Å². The largest absolute Gasteiger partial charge is 0.160 e. The standard InChI is InChI=1S/C14H14S2/c1-2-4-12-9-13(6-5-11(12)3-1)14-10-15-7-8-16-14/h1-6,9,14H,7-8,10H2. The normalized spacial score (nSPS) is 21.1. The summed E-state index contributed by atoms with van der Waals surface area (Å²) in [4.78, 5) is 0. The van der Waals surface area contributed by atoms with E-state index in [-0.39, 0.29) is 0 Å². The van der Waals surface area contributed by atoms with E-state index in [1.54, 1.807) is 0 Å². The molecule has 3 rings (SSSR count). The van der Waals surface area contributed by atoms with Crippen LogP contribution in [0.2, 0.25) is 0 Å². The summed E-state index contributed by atoms with van der Waals surface area (Å²) in [6.07, 6.45) is 0. The van der Waals surface area contributed by atoms with Crippen molar-refractivity contribution in [3.05, 3.63) is 48.0 Å². The van der Waals surface area contributed by atoms with E-state index < -0.39 is 0 Å². The molecule has 0 radical (unpaired) electrons. The average Bonchev–Trinajstić information content (AvgIpc) is 2.39. The van der Waals surface area contributed by atoms with E-state index >= 15 is 0 Å². The summed E-state index contributed by atoms with van der Waals surface area (Å²) < 4.78 is 0. The topological polar surface area (TPSA) is 0 Å². The molecule has 2 aromatic rings. The Morgan fingerprint density at radius 2 is 1.81 bits per heavy atom. The molecule has 0 amide bonds. The number of benzene rings is 2. The number of hydrogen-bond donors (Lipinski definition) is 0. The van der Waals surface area contributed by atoms with Crippen LogP contribution in [0, 0.1) is 0 Å². The van der Waals surface area contributed by atoms with Crippen LogP contribution in [0.15, 0.2) is 42.5 Å². The van der Waals surface area contributed by atoms with Gasteiger partial charge in [-0.15, -0.1) is 0 Å². The fourth-order valence-corrected chi connectivity index (χ4v) is 4.81. The molecule has 0 aliphatic carbocycles. The van der Waals surface area contributed by atoms with Crippen LogP contribution in [-0.2, 0) is 0 Å². The van der Waals surface area contributed by atoms with Gasteiger partial charge in [0, 0.05) is 22.5 Å². The maximum atomic E-state index is 2.36. The molecule has 0 spiro atoms. The zero-order valence-corrected chi connectivity index (χ0v) is 10.7. The van der Waals surface area contributed by atoms with Crippen LogP contribution in [0.25, 0.3) is 10.8 Å². The minimum atomic E-state index is 0.698. The molecule has 1 heterocycles. The van der Waals surface area contributed by atoms with Crippen molar-refractivity contribution in [2.75, 3.05) is 17.3 Å². The lowest BCUT2D eigenvalue weighted by molar-refractivity contribution is 1.11. The molecule has 0 N–H and O–H groups in total. The third kappa shape index (κ3) is 2.09. The van der Waals surface area contributed by atoms with E-state index in [2.05, 4.69) is 66.0 Å². The summed E-state index contributed by atoms with van der Waals surface area (Å²) in [5, 5.41) is 3.42. The molecule has 2 heteroatoms. The van der Waals surface area contributed by atoms with Gasteiger partial charge in [0.1, 0.15) is 0 Å². The van der Waals surface area contributed by atoms with Gasteiger partial charge in [0.25, 0.3) is 0 Å². The lowest BCUT2D eigenvalue weighted by Gasteiger charge is -2.21. The highest BCUT2D eigenvalue weighted by molar-refractivity contribution is 8.06. The zero-order valence-electron chi connectivity index (χ0n) is 9.06. The molecule has 1 fully saturated rings. The quantitative estimate of drug-likeness (QED) is 0.733. The van der Waals surface area contributed by atoms with Crippen molar-refractivity contribution < 1.29 is 0 Å². The average molecular weight is 246 g/mol. The van der Waals surface area contributed by atoms with E-state index in [1.165, 1.54) is 33.6 Å². The van der Waals surface area contributed by atoms with Gasteiger partial charge in [-0.25, -0.2) is 0 Å². The molecule has 0 saturated carbocycles. The number of thioether (sulfide) groups is 2. The molecule has 1 unspecified atom stereocenters. The van der Waals surface area contributed by atoms with Crippen molar-refractivity contribution in [3.63, 3.8) is 0 Å². The zero-order chi connectivity index (χ0) is 10.8. The molecule has 0 nitrogen and oxygen atoms in total. The van der Waals surface area contributed by atoms with Crippen molar-refractivity contribution in [1.82, 2.24) is 0 Å². The molecular weight excluding hydrogens is 232 g/mol. The Balaban J connectivity index is 1.97. The van der Waals surface area contributed by atoms with Gasteiger partial charge in [-0.1, -0.05) is 42.5 Å². The summed E-state index contributed by atoms with van der Waals surface area (Å²) in [7, 11) is 0. The maximum absolute atomic E-state index is 2.36. The SMILES string of the molecule is c1ccc2cc(C3CSCCS3)ccc2c1. The minimum Gasteiger partial charge on any atom is -0.160 e. The predicted octanol–water partition coefficient (Wildman–Crippen LogP) is 4.36. The van der Waals surface area contributed by atoms with Crippen molar-refractivity contribution in [2.45, 2.75) is 5.25 Å². The Morgan fingerprint density at radius 3 is 2.62 bits per heavy atom. The number of fused-ring (bicyclic) bond motifs is 1. The molecule has 82 valence electrons. The lowest BCUT2D eigenvalue weighted by Crippen LogP contribution is -2.06. The van der Waals surface area contributed by atoms with Gasteiger partial charge in [0.2, 0.25) is 0 Å². The molecule has 16 heavy (non-hydrogen) atoms. The summed E-state index contributed by atoms with van der Waals surface area (Å²) in [6, 6.07) is 15.5. The smallest absolute Gasteiger partial charge is 0.0388 e. The summed E-state index contributed by atoms with van der Waals surface area (Å²) in [6.45, 7) is 0. The summed E-state index contributed by atoms with van der Waals surface area (Å²) >= 11 is 4.19. The van der Waals surface area contributed by atoms with Crippen LogP contribution in [0.3, 0.4) is 0 Å². The van der Waals surface area contributed by atoms with Crippen LogP contribution >= 0.6 is 23.5 Å². The first-order valence-electron chi connectivity index (χ1n) is 5.61. The van der Waals surface area contributed by atoms with E-state index in [4.69, 9.17) is 0 Å². The second-order valence-corrected chi connectivity index (χ2v) is 6.50. The Bertz CT molecular complexity index is 487. The van der Waals surface area contributed by atoms with Gasteiger partial charge in [-0.2, -0.15) is 23.5 Å². The molecule has 2 aromatic carbocycles. The van der Waals surface area contributed by atoms with Crippen molar-refractivity contribution in [1.29, 1.82) is 0 Å². The number of hydrogen-bond acceptors (Lipinski definition) is 2. The third-order valence-corrected chi connectivity index (χ3v) is 5.77. The summed E-state index contributed by atoms with van der Waals surface area (Å²) in [5.74, 6) is 3.87. The second kappa shape index (κ2) is 4.72. The van der Waals surface area contributed by atoms with Crippen LogP contribution < -0.4 is 0 Å². The van der Waals surface area contributed by atoms with Gasteiger partial charge < -0.3 is 0 Å². The minimum absolute atomic E-state index is 0.698. The molecule has 1 atom stereocenters. The second-order valence-electron chi connectivity index (χ2n) is 4.04. The van der Waals surface area contributed by atoms with Crippen LogP contribution in [-0.4, -0.2) is 17.3 Å². The maximum Gasteiger partial charge on any atom is 0.0388 e. The van der Waals surface area contributed by atoms with Crippen LogP contribution in [0.4, 0.5) is 0 Å². The first-order valence-corrected chi connectivity index (χ1v) is 7.82. The first kappa shape index (κ1) is 10.5. The molecule has 1 aliphatic rings. The van der Waals surface area contributed by atoms with E-state index in [9.17, 15) is 0 Å². The molecule has 1 saturated heterocycles. The number of rotatable bonds is 1. The Morgan fingerprint density at radius 1 is 0.938 bits per heavy atom. The molecular formula is C14H14S2. The van der Waals surface area contributed by atoms with Gasteiger partial charge in [-0.05, 0) is 16.3 Å². The van der Waals surface area contributed by atoms with Crippen molar-refractivity contribution >= 4 is 34.3 Å². The van der Waals surface area contributed by atoms with E-state index in [0.717, 1.165) is 0 Å². The van der Waals surface area contributed by atoms with Crippen LogP contribution in [0.1, 0.15) is 10.8 Å². The van der Waals surface area contributed by atoms with Gasteiger partial charge >= 0.3 is 0 Å². The first-order chi connectivity index (χ1) is 7.93. The lowest BCUT2D eigenvalue weighted by atomic mass is 10.1. The predicted molar refractivity (Wildman–Crippen MR) is 76.5 cm³/mol. The fourth-order valence-electron chi connectivity index (χ4n) is 2.09. The highest BCUT2D eigenvalue weighted by Crippen LogP contribution is 2.37. The monoisotopic (exact) mass is 246 g/mol. The third-order valence-electron chi connectivity index (χ3n) is 2.96. The van der Waals surface area contributed by atoms with Gasteiger partial charge in [0.05, 0.1) is 0 Å². The fraction of sp³-hybridized carbons (Fsp3) is 0.286. The Kier molecular flexibility index (Phi) is 3.11. The highest BCUT2D eigenvalue weighted by atomic mass is 32.2. The van der Waals surface area contributed by atoms with Gasteiger partial charge in [0.15, 0.2) is 0 Å². The van der Waals surface area contributed by atoms with Crippen molar-refractivity contribution in [2.24, 2.45) is 0 Å². The molecule has 0 bridgehead atoms. The Labute approximate surface area is 105 Å². The summed E-state index contributed by atoms with van der Waals surface area (Å²) in [5.41, 5.74) is 1.50. The highest BCUT2D eigenvalue weighted by Gasteiger charge is 2.16. The van der Waals surface area contributed by atoms with Crippen molar-refractivity contribution in [3.8, 4) is 0 Å².